The van der Waals surface area contributed by atoms with Crippen molar-refractivity contribution < 1.29 is 27.9 Å². The molecule has 2 rings (SSSR count). The average Bonchev–Trinajstić information content (AvgIpc) is 3.21. The van der Waals surface area contributed by atoms with Crippen LogP contribution in [0.25, 0.3) is 0 Å². The van der Waals surface area contributed by atoms with Gasteiger partial charge in [-0.15, -0.1) is 0 Å². The molecule has 1 aliphatic carbocycles. The summed E-state index contributed by atoms with van der Waals surface area (Å²) in [5.74, 6) is -0.688. The van der Waals surface area contributed by atoms with Gasteiger partial charge in [0.1, 0.15) is 12.2 Å². The van der Waals surface area contributed by atoms with Crippen LogP contribution in [0.1, 0.15) is 96.4 Å². The van der Waals surface area contributed by atoms with Crippen molar-refractivity contribution in [2.24, 2.45) is 11.3 Å². The Bertz CT molecular complexity index is 896. The summed E-state index contributed by atoms with van der Waals surface area (Å²) in [6.45, 7) is 32.6. The van der Waals surface area contributed by atoms with Crippen molar-refractivity contribution in [2.75, 3.05) is 6.61 Å². The number of ether oxygens (including phenoxy) is 2. The minimum absolute atomic E-state index is 0.00120. The van der Waals surface area contributed by atoms with Crippen LogP contribution in [0.3, 0.4) is 0 Å². The third kappa shape index (κ3) is 5.61. The van der Waals surface area contributed by atoms with Crippen molar-refractivity contribution in [1.82, 2.24) is 0 Å². The lowest BCUT2D eigenvalue weighted by molar-refractivity contribution is -0.180. The number of carbonyl (C=O) groups is 2. The van der Waals surface area contributed by atoms with Crippen molar-refractivity contribution in [3.05, 3.63) is 11.6 Å². The van der Waals surface area contributed by atoms with E-state index in [1.807, 2.05) is 0 Å². The smallest absolute Gasteiger partial charge is 0.331 e. The lowest BCUT2D eigenvalue weighted by Gasteiger charge is -2.50. The fraction of sp³-hybridized carbons (Fsp3) is 0.867. The number of hydrogen-bond acceptors (Lipinski definition) is 6. The van der Waals surface area contributed by atoms with Gasteiger partial charge in [0.2, 0.25) is 8.32 Å². The lowest BCUT2D eigenvalue weighted by Crippen LogP contribution is -2.59. The summed E-state index contributed by atoms with van der Waals surface area (Å²) in [6.07, 6.45) is 1.79. The Labute approximate surface area is 234 Å². The van der Waals surface area contributed by atoms with Crippen LogP contribution in [0, 0.1) is 11.3 Å². The maximum Gasteiger partial charge on any atom is 0.331 e. The van der Waals surface area contributed by atoms with E-state index in [9.17, 15) is 9.59 Å². The molecule has 0 amide bonds. The molecule has 5 atom stereocenters. The predicted octanol–water partition coefficient (Wildman–Crippen LogP) is 7.79. The van der Waals surface area contributed by atoms with Gasteiger partial charge in [0.15, 0.2) is 8.32 Å². The molecule has 1 saturated carbocycles. The second-order valence-electron chi connectivity index (χ2n) is 14.5. The third-order valence-electron chi connectivity index (χ3n) is 10.3. The van der Waals surface area contributed by atoms with Gasteiger partial charge < -0.3 is 18.3 Å². The molecule has 220 valence electrons. The van der Waals surface area contributed by atoms with Crippen molar-refractivity contribution >= 4 is 28.6 Å². The van der Waals surface area contributed by atoms with E-state index in [1.54, 1.807) is 6.08 Å². The summed E-state index contributed by atoms with van der Waals surface area (Å²) in [4.78, 5) is 25.0. The molecule has 0 spiro atoms. The highest BCUT2D eigenvalue weighted by atomic mass is 28.4. The predicted molar refractivity (Wildman–Crippen MR) is 159 cm³/mol. The van der Waals surface area contributed by atoms with Crippen molar-refractivity contribution in [3.63, 3.8) is 0 Å². The Kier molecular flexibility index (Phi) is 9.74. The van der Waals surface area contributed by atoms with Gasteiger partial charge in [-0.25, -0.2) is 4.79 Å². The molecular weight excluding hydrogens is 512 g/mol. The van der Waals surface area contributed by atoms with E-state index in [0.29, 0.717) is 23.0 Å². The highest BCUT2D eigenvalue weighted by molar-refractivity contribution is 6.77. The van der Waals surface area contributed by atoms with E-state index in [2.05, 4.69) is 96.2 Å². The molecule has 0 N–H and O–H groups in total. The van der Waals surface area contributed by atoms with Gasteiger partial charge in [-0.2, -0.15) is 0 Å². The zero-order chi connectivity index (χ0) is 29.6. The summed E-state index contributed by atoms with van der Waals surface area (Å²) in [6, 6.07) is 0. The Morgan fingerprint density at radius 1 is 1.05 bits per heavy atom. The van der Waals surface area contributed by atoms with E-state index in [0.717, 1.165) is 5.57 Å². The highest BCUT2D eigenvalue weighted by Gasteiger charge is 2.67. The van der Waals surface area contributed by atoms with Gasteiger partial charge in [0.05, 0.1) is 17.6 Å². The first-order valence-corrected chi connectivity index (χ1v) is 19.6. The van der Waals surface area contributed by atoms with Crippen LogP contribution in [0.15, 0.2) is 11.6 Å². The highest BCUT2D eigenvalue weighted by Crippen LogP contribution is 2.59. The van der Waals surface area contributed by atoms with Gasteiger partial charge >= 0.3 is 11.9 Å². The Morgan fingerprint density at radius 2 is 1.55 bits per heavy atom. The molecule has 0 saturated heterocycles. The summed E-state index contributed by atoms with van der Waals surface area (Å²) in [5.41, 5.74) is 0.516. The molecule has 0 aromatic carbocycles. The number of esters is 2. The summed E-state index contributed by atoms with van der Waals surface area (Å²) >= 11 is 0. The van der Waals surface area contributed by atoms with Crippen LogP contribution in [0.2, 0.25) is 34.8 Å². The molecule has 1 aliphatic heterocycles. The normalized spacial score (nSPS) is 26.9. The fourth-order valence-corrected chi connectivity index (χ4v) is 14.0. The number of fused-ring (bicyclic) bond motifs is 1. The third-order valence-corrected chi connectivity index (χ3v) is 21.0. The zero-order valence-corrected chi connectivity index (χ0v) is 28.9. The first kappa shape index (κ1) is 33.2. The largest absolute Gasteiger partial charge is 0.465 e. The van der Waals surface area contributed by atoms with Crippen LogP contribution >= 0.6 is 0 Å². The van der Waals surface area contributed by atoms with Gasteiger partial charge in [0.25, 0.3) is 0 Å². The molecule has 0 aromatic heterocycles. The number of hydrogen-bond donors (Lipinski definition) is 0. The monoisotopic (exact) mass is 568 g/mol. The van der Waals surface area contributed by atoms with E-state index in [4.69, 9.17) is 18.3 Å². The summed E-state index contributed by atoms with van der Waals surface area (Å²) < 4.78 is 26.3. The standard InChI is InChI=1S/C30H56O6Si2/c1-19(2)38(20(3)4,21(5)6)36-26-17-30(25(22(26)7)16-27(32)34-30)29(13,18-33-24(9)31)23(8)35-37(14,15)28(10,11)12/h16,19-23,26H,17-18H2,1-15H3/t22-,23-,26+,29-,30+/m0/s1. The molecule has 1 heterocycles. The minimum Gasteiger partial charge on any atom is -0.465 e. The quantitative estimate of drug-likeness (QED) is 0.187. The van der Waals surface area contributed by atoms with Crippen molar-refractivity contribution in [3.8, 4) is 0 Å². The average molecular weight is 569 g/mol. The molecule has 0 radical (unpaired) electrons. The lowest BCUT2D eigenvalue weighted by atomic mass is 9.67. The first-order chi connectivity index (χ1) is 17.1. The van der Waals surface area contributed by atoms with Crippen molar-refractivity contribution in [1.29, 1.82) is 0 Å². The SMILES string of the molecule is CC(=O)OC[C@@](C)([C@H](C)O[Si](C)(C)C(C)(C)C)[C@@]12C[C@@H](O[Si](C(C)C)(C(C)C)C(C)C)[C@@H](C)C1=CC(=O)O2. The molecule has 8 heteroatoms. The second-order valence-corrected chi connectivity index (χ2v) is 24.7. The van der Waals surface area contributed by atoms with Crippen LogP contribution < -0.4 is 0 Å². The van der Waals surface area contributed by atoms with E-state index in [-0.39, 0.29) is 41.7 Å². The maximum atomic E-state index is 12.9. The van der Waals surface area contributed by atoms with Crippen LogP contribution in [0.5, 0.6) is 0 Å². The molecule has 0 bridgehead atoms. The minimum atomic E-state index is -2.20. The molecular formula is C30H56O6Si2. The van der Waals surface area contributed by atoms with Crippen molar-refractivity contribution in [2.45, 2.75) is 149 Å². The van der Waals surface area contributed by atoms with Gasteiger partial charge in [-0.3, -0.25) is 4.79 Å². The fourth-order valence-electron chi connectivity index (χ4n) is 6.88. The van der Waals surface area contributed by atoms with Gasteiger partial charge in [-0.1, -0.05) is 69.2 Å². The number of carbonyl (C=O) groups excluding carboxylic acids is 2. The molecule has 0 unspecified atom stereocenters. The first-order valence-electron chi connectivity index (χ1n) is 14.5. The van der Waals surface area contributed by atoms with Crippen LogP contribution in [-0.4, -0.2) is 53.0 Å². The Hall–Kier alpha value is -0.966. The van der Waals surface area contributed by atoms with Crippen LogP contribution in [-0.2, 0) is 27.9 Å². The molecule has 0 aromatic rings. The van der Waals surface area contributed by atoms with Crippen LogP contribution in [0.4, 0.5) is 0 Å². The summed E-state index contributed by atoms with van der Waals surface area (Å²) in [7, 11) is -4.39. The van der Waals surface area contributed by atoms with E-state index >= 15 is 0 Å². The Morgan fingerprint density at radius 3 is 1.97 bits per heavy atom. The molecule has 2 aliphatic rings. The van der Waals surface area contributed by atoms with E-state index in [1.165, 1.54) is 6.92 Å². The molecule has 1 fully saturated rings. The molecule has 38 heavy (non-hydrogen) atoms. The van der Waals surface area contributed by atoms with E-state index < -0.39 is 27.7 Å². The molecule has 6 nitrogen and oxygen atoms in total. The second kappa shape index (κ2) is 11.1. The van der Waals surface area contributed by atoms with Gasteiger partial charge in [0, 0.05) is 25.3 Å². The maximum absolute atomic E-state index is 12.9. The number of rotatable bonds is 11. The van der Waals surface area contributed by atoms with Gasteiger partial charge in [-0.05, 0) is 54.2 Å². The summed E-state index contributed by atoms with van der Waals surface area (Å²) in [5, 5.41) is -0.00208. The zero-order valence-electron chi connectivity index (χ0n) is 26.9. The Balaban J connectivity index is 2.64. The topological polar surface area (TPSA) is 71.1 Å².